The van der Waals surface area contributed by atoms with E-state index in [-0.39, 0.29) is 17.6 Å². The number of carbonyl (C=O) groups excluding carboxylic acids is 2. The topological polar surface area (TPSA) is 55.8 Å². The first-order valence-corrected chi connectivity index (χ1v) is 10.4. The number of piperidine rings is 1. The summed E-state index contributed by atoms with van der Waals surface area (Å²) in [6, 6.07) is 13.7. The van der Waals surface area contributed by atoms with Crippen LogP contribution in [-0.2, 0) is 11.2 Å². The number of amides is 1. The Morgan fingerprint density at radius 1 is 0.966 bits per heavy atom. The molecule has 0 aliphatic carbocycles. The lowest BCUT2D eigenvalue weighted by Gasteiger charge is -2.31. The van der Waals surface area contributed by atoms with Crippen molar-refractivity contribution in [1.29, 1.82) is 0 Å². The van der Waals surface area contributed by atoms with Crippen LogP contribution in [0.3, 0.4) is 0 Å². The maximum Gasteiger partial charge on any atom is 0.222 e. The molecule has 0 spiro atoms. The lowest BCUT2D eigenvalue weighted by Crippen LogP contribution is -2.40. The molecule has 152 valence electrons. The first-order chi connectivity index (χ1) is 14.1. The van der Waals surface area contributed by atoms with Crippen LogP contribution in [0, 0.1) is 12.8 Å². The molecule has 5 heteroatoms. The molecule has 0 saturated carbocycles. The van der Waals surface area contributed by atoms with Crippen molar-refractivity contribution < 1.29 is 19.1 Å². The number of aryl methyl sites for hydroxylation is 2. The van der Waals surface area contributed by atoms with Gasteiger partial charge in [-0.1, -0.05) is 29.8 Å². The molecule has 2 aromatic carbocycles. The largest absolute Gasteiger partial charge is 0.486 e. The molecule has 2 heterocycles. The second-order valence-electron chi connectivity index (χ2n) is 7.86. The number of fused-ring (bicyclic) bond motifs is 1. The molecule has 0 unspecified atom stereocenters. The summed E-state index contributed by atoms with van der Waals surface area (Å²) in [5.41, 5.74) is 3.08. The van der Waals surface area contributed by atoms with Crippen LogP contribution in [0.1, 0.15) is 40.7 Å². The van der Waals surface area contributed by atoms with Gasteiger partial charge in [0.25, 0.3) is 0 Å². The van der Waals surface area contributed by atoms with E-state index < -0.39 is 0 Å². The predicted molar refractivity (Wildman–Crippen MR) is 111 cm³/mol. The van der Waals surface area contributed by atoms with Crippen LogP contribution >= 0.6 is 0 Å². The number of Topliss-reactive ketones (excluding diaryl/α,β-unsaturated/α-hetero) is 1. The molecular weight excluding hydrogens is 366 g/mol. The maximum atomic E-state index is 12.9. The molecule has 0 atom stereocenters. The smallest absolute Gasteiger partial charge is 0.222 e. The van der Waals surface area contributed by atoms with Crippen LogP contribution in [0.15, 0.2) is 42.5 Å². The Balaban J connectivity index is 1.29. The van der Waals surface area contributed by atoms with Gasteiger partial charge in [0.2, 0.25) is 5.91 Å². The van der Waals surface area contributed by atoms with E-state index in [2.05, 4.69) is 31.2 Å². The standard InChI is InChI=1S/C24H27NO4/c1-17-2-4-18(5-3-17)6-9-23(26)25-12-10-19(11-13-25)24(27)20-7-8-21-22(16-20)29-15-14-28-21/h2-5,7-8,16,19H,6,9-15H2,1H3. The van der Waals surface area contributed by atoms with E-state index in [9.17, 15) is 9.59 Å². The third-order valence-electron chi connectivity index (χ3n) is 5.79. The van der Waals surface area contributed by atoms with Crippen LogP contribution in [0.2, 0.25) is 0 Å². The zero-order valence-electron chi connectivity index (χ0n) is 16.9. The normalized spacial score (nSPS) is 16.5. The van der Waals surface area contributed by atoms with Crippen molar-refractivity contribution in [2.24, 2.45) is 5.92 Å². The highest BCUT2D eigenvalue weighted by Gasteiger charge is 2.28. The minimum Gasteiger partial charge on any atom is -0.486 e. The zero-order valence-corrected chi connectivity index (χ0v) is 16.9. The molecule has 4 rings (SSSR count). The van der Waals surface area contributed by atoms with Crippen LogP contribution in [0.25, 0.3) is 0 Å². The number of nitrogens with zero attached hydrogens (tertiary/aromatic N) is 1. The SMILES string of the molecule is Cc1ccc(CCC(=O)N2CCC(C(=O)c3ccc4c(c3)OCCO4)CC2)cc1. The number of benzene rings is 2. The number of ether oxygens (including phenoxy) is 2. The highest BCUT2D eigenvalue weighted by atomic mass is 16.6. The second-order valence-corrected chi connectivity index (χ2v) is 7.86. The van der Waals surface area contributed by atoms with Gasteiger partial charge in [0.05, 0.1) is 0 Å². The van der Waals surface area contributed by atoms with E-state index in [0.717, 1.165) is 6.42 Å². The van der Waals surface area contributed by atoms with Crippen molar-refractivity contribution in [2.75, 3.05) is 26.3 Å². The molecule has 2 aliphatic rings. The van der Waals surface area contributed by atoms with Gasteiger partial charge in [0.15, 0.2) is 17.3 Å². The Morgan fingerprint density at radius 2 is 1.66 bits per heavy atom. The summed E-state index contributed by atoms with van der Waals surface area (Å²) >= 11 is 0. The van der Waals surface area contributed by atoms with Crippen molar-refractivity contribution in [3.8, 4) is 11.5 Å². The van der Waals surface area contributed by atoms with Gasteiger partial charge < -0.3 is 14.4 Å². The molecule has 0 bridgehead atoms. The van der Waals surface area contributed by atoms with E-state index in [4.69, 9.17) is 9.47 Å². The van der Waals surface area contributed by atoms with E-state index >= 15 is 0 Å². The fourth-order valence-corrected chi connectivity index (χ4v) is 3.99. The Morgan fingerprint density at radius 3 is 2.38 bits per heavy atom. The molecular formula is C24H27NO4. The number of rotatable bonds is 5. The predicted octanol–water partition coefficient (Wildman–Crippen LogP) is 3.82. The van der Waals surface area contributed by atoms with Gasteiger partial charge >= 0.3 is 0 Å². The zero-order chi connectivity index (χ0) is 20.2. The summed E-state index contributed by atoms with van der Waals surface area (Å²) in [4.78, 5) is 27.4. The molecule has 0 N–H and O–H groups in total. The van der Waals surface area contributed by atoms with Crippen molar-refractivity contribution in [3.63, 3.8) is 0 Å². The highest BCUT2D eigenvalue weighted by Crippen LogP contribution is 2.32. The molecule has 1 saturated heterocycles. The molecule has 5 nitrogen and oxygen atoms in total. The number of likely N-dealkylation sites (tertiary alicyclic amines) is 1. The average Bonchev–Trinajstić information content (AvgIpc) is 2.78. The summed E-state index contributed by atoms with van der Waals surface area (Å²) in [5.74, 6) is 1.61. The fourth-order valence-electron chi connectivity index (χ4n) is 3.99. The average molecular weight is 393 g/mol. The van der Waals surface area contributed by atoms with Gasteiger partial charge in [0.1, 0.15) is 13.2 Å². The number of hydrogen-bond donors (Lipinski definition) is 0. The quantitative estimate of drug-likeness (QED) is 0.725. The number of ketones is 1. The Bertz CT molecular complexity index is 882. The first-order valence-electron chi connectivity index (χ1n) is 10.4. The minimum atomic E-state index is -0.0429. The van der Waals surface area contributed by atoms with Crippen LogP contribution in [-0.4, -0.2) is 42.9 Å². The number of hydrogen-bond acceptors (Lipinski definition) is 4. The monoisotopic (exact) mass is 393 g/mol. The Kier molecular flexibility index (Phi) is 5.84. The molecule has 2 aliphatic heterocycles. The van der Waals surface area contributed by atoms with Gasteiger partial charge in [-0.15, -0.1) is 0 Å². The van der Waals surface area contributed by atoms with Crippen molar-refractivity contribution >= 4 is 11.7 Å². The Hall–Kier alpha value is -2.82. The molecule has 1 amide bonds. The summed E-state index contributed by atoms with van der Waals surface area (Å²) in [5, 5.41) is 0. The van der Waals surface area contributed by atoms with E-state index in [1.807, 2.05) is 17.0 Å². The third-order valence-corrected chi connectivity index (χ3v) is 5.79. The van der Waals surface area contributed by atoms with Crippen LogP contribution < -0.4 is 9.47 Å². The van der Waals surface area contributed by atoms with Gasteiger partial charge in [-0.05, 0) is 49.9 Å². The molecule has 29 heavy (non-hydrogen) atoms. The molecule has 0 radical (unpaired) electrons. The lowest BCUT2D eigenvalue weighted by atomic mass is 9.88. The van der Waals surface area contributed by atoms with Gasteiger partial charge in [-0.2, -0.15) is 0 Å². The van der Waals surface area contributed by atoms with Crippen molar-refractivity contribution in [2.45, 2.75) is 32.6 Å². The van der Waals surface area contributed by atoms with Crippen molar-refractivity contribution in [3.05, 3.63) is 59.2 Å². The molecule has 0 aromatic heterocycles. The van der Waals surface area contributed by atoms with Gasteiger partial charge in [0, 0.05) is 31.0 Å². The first kappa shape index (κ1) is 19.5. The van der Waals surface area contributed by atoms with Gasteiger partial charge in [-0.3, -0.25) is 9.59 Å². The van der Waals surface area contributed by atoms with Crippen molar-refractivity contribution in [1.82, 2.24) is 4.90 Å². The highest BCUT2D eigenvalue weighted by molar-refractivity contribution is 5.98. The van der Waals surface area contributed by atoms with E-state index in [1.54, 1.807) is 6.07 Å². The van der Waals surface area contributed by atoms with E-state index in [0.29, 0.717) is 62.6 Å². The van der Waals surface area contributed by atoms with Gasteiger partial charge in [-0.25, -0.2) is 0 Å². The Labute approximate surface area is 171 Å². The molecule has 1 fully saturated rings. The second kappa shape index (κ2) is 8.68. The fraction of sp³-hybridized carbons (Fsp3) is 0.417. The summed E-state index contributed by atoms with van der Waals surface area (Å²) in [7, 11) is 0. The van der Waals surface area contributed by atoms with Crippen LogP contribution in [0.5, 0.6) is 11.5 Å². The summed E-state index contributed by atoms with van der Waals surface area (Å²) in [6.45, 7) is 4.40. The minimum absolute atomic E-state index is 0.0429. The third kappa shape index (κ3) is 4.61. The molecule has 2 aromatic rings. The summed E-state index contributed by atoms with van der Waals surface area (Å²) < 4.78 is 11.1. The van der Waals surface area contributed by atoms with E-state index in [1.165, 1.54) is 11.1 Å². The maximum absolute atomic E-state index is 12.9. The number of carbonyl (C=O) groups is 2. The van der Waals surface area contributed by atoms with Crippen LogP contribution in [0.4, 0.5) is 0 Å². The lowest BCUT2D eigenvalue weighted by molar-refractivity contribution is -0.132. The summed E-state index contributed by atoms with van der Waals surface area (Å²) in [6.07, 6.45) is 2.70.